The van der Waals surface area contributed by atoms with E-state index in [0.29, 0.717) is 0 Å². The van der Waals surface area contributed by atoms with Crippen molar-refractivity contribution in [2.75, 3.05) is 13.1 Å². The number of nitrogens with one attached hydrogen (secondary N) is 1. The van der Waals surface area contributed by atoms with E-state index < -0.39 is 0 Å². The smallest absolute Gasteiger partial charge is 0.0704 e. The largest absolute Gasteiger partial charge is 0.312 e. The van der Waals surface area contributed by atoms with Crippen LogP contribution in [0.15, 0.2) is 16.9 Å². The van der Waals surface area contributed by atoms with Crippen LogP contribution in [-0.4, -0.2) is 18.8 Å². The Balaban J connectivity index is 2.22. The Hall–Kier alpha value is -0.830. The predicted molar refractivity (Wildman–Crippen MR) is 35.1 cm³/mol. The van der Waals surface area contributed by atoms with E-state index in [9.17, 15) is 0 Å². The van der Waals surface area contributed by atoms with Crippen LogP contribution in [-0.2, 0) is 0 Å². The Morgan fingerprint density at radius 1 is 1.56 bits per heavy atom. The molecule has 0 aliphatic carbocycles. The van der Waals surface area contributed by atoms with E-state index in [2.05, 4.69) is 15.8 Å². The Morgan fingerprint density at radius 3 is 3.44 bits per heavy atom. The lowest BCUT2D eigenvalue weighted by molar-refractivity contribution is 0.733. The second-order valence-corrected chi connectivity index (χ2v) is 2.24. The van der Waals surface area contributed by atoms with Crippen LogP contribution in [0, 0.1) is 0 Å². The monoisotopic (exact) mass is 122 g/mol. The highest BCUT2D eigenvalue weighted by Gasteiger charge is 2.15. The molecule has 0 aromatic heterocycles. The number of nitrogens with zero attached hydrogens (tertiary/aromatic N) is 2. The van der Waals surface area contributed by atoms with Crippen LogP contribution in [0.5, 0.6) is 0 Å². The number of piperidine rings is 1. The summed E-state index contributed by atoms with van der Waals surface area (Å²) in [5.74, 6) is 0. The van der Waals surface area contributed by atoms with E-state index in [4.69, 9.17) is 0 Å². The quantitative estimate of drug-likeness (QED) is 0.476. The van der Waals surface area contributed by atoms with Crippen molar-refractivity contribution in [2.24, 2.45) is 5.10 Å². The van der Waals surface area contributed by atoms with Gasteiger partial charge >= 0.3 is 0 Å². The maximum Gasteiger partial charge on any atom is 0.0704 e. The van der Waals surface area contributed by atoms with Crippen molar-refractivity contribution in [3.63, 3.8) is 0 Å². The Labute approximate surface area is 53.8 Å². The average molecular weight is 122 g/mol. The Bertz CT molecular complexity index is 161. The summed E-state index contributed by atoms with van der Waals surface area (Å²) in [5.41, 5.74) is 6.25. The number of rotatable bonds is 0. The van der Waals surface area contributed by atoms with Crippen LogP contribution in [0.3, 0.4) is 0 Å². The SMILES string of the molecule is C1=C2CNCCC2=N[N]1. The van der Waals surface area contributed by atoms with Crippen molar-refractivity contribution in [2.45, 2.75) is 6.42 Å². The zero-order valence-electron chi connectivity index (χ0n) is 5.09. The number of hydrogen-bond acceptors (Lipinski definition) is 2. The Morgan fingerprint density at radius 2 is 2.56 bits per heavy atom. The summed E-state index contributed by atoms with van der Waals surface area (Å²) in [5, 5.41) is 7.21. The second-order valence-electron chi connectivity index (χ2n) is 2.24. The molecular formula is C6H8N3. The summed E-state index contributed by atoms with van der Waals surface area (Å²) < 4.78 is 0. The maximum absolute atomic E-state index is 3.97. The number of fused-ring (bicyclic) bond motifs is 1. The van der Waals surface area contributed by atoms with Gasteiger partial charge in [0.15, 0.2) is 0 Å². The topological polar surface area (TPSA) is 38.5 Å². The van der Waals surface area contributed by atoms with Crippen molar-refractivity contribution in [3.05, 3.63) is 11.8 Å². The highest BCUT2D eigenvalue weighted by atomic mass is 15.3. The van der Waals surface area contributed by atoms with Gasteiger partial charge in [-0.2, -0.15) is 10.5 Å². The van der Waals surface area contributed by atoms with Crippen molar-refractivity contribution in [1.29, 1.82) is 0 Å². The molecule has 2 aliphatic rings. The first-order chi connectivity index (χ1) is 4.47. The van der Waals surface area contributed by atoms with Gasteiger partial charge in [0.2, 0.25) is 0 Å². The fourth-order valence-corrected chi connectivity index (χ4v) is 1.10. The van der Waals surface area contributed by atoms with Gasteiger partial charge in [-0.15, -0.1) is 0 Å². The lowest BCUT2D eigenvalue weighted by Gasteiger charge is -2.12. The molecule has 1 fully saturated rings. The molecule has 1 saturated heterocycles. The van der Waals surface area contributed by atoms with Crippen LogP contribution in [0.2, 0.25) is 0 Å². The van der Waals surface area contributed by atoms with Gasteiger partial charge in [0.05, 0.1) is 11.9 Å². The molecule has 47 valence electrons. The minimum absolute atomic E-state index is 0.947. The van der Waals surface area contributed by atoms with Gasteiger partial charge < -0.3 is 5.32 Å². The zero-order chi connectivity index (χ0) is 6.10. The van der Waals surface area contributed by atoms with Gasteiger partial charge in [-0.3, -0.25) is 0 Å². The predicted octanol–water partition coefficient (Wildman–Crippen LogP) is -0.162. The summed E-state index contributed by atoms with van der Waals surface area (Å²) in [4.78, 5) is 0. The molecule has 3 heteroatoms. The van der Waals surface area contributed by atoms with Gasteiger partial charge in [-0.1, -0.05) is 0 Å². The summed E-state index contributed by atoms with van der Waals surface area (Å²) >= 11 is 0. The van der Waals surface area contributed by atoms with Crippen molar-refractivity contribution < 1.29 is 0 Å². The molecular weight excluding hydrogens is 114 g/mol. The number of hydrogen-bond donors (Lipinski definition) is 1. The first kappa shape index (κ1) is 4.99. The first-order valence-electron chi connectivity index (χ1n) is 3.13. The summed E-state index contributed by atoms with van der Waals surface area (Å²) in [7, 11) is 0. The summed E-state index contributed by atoms with van der Waals surface area (Å²) in [6.45, 7) is 1.99. The van der Waals surface area contributed by atoms with Gasteiger partial charge in [0.1, 0.15) is 0 Å². The van der Waals surface area contributed by atoms with E-state index in [0.717, 1.165) is 19.5 Å². The van der Waals surface area contributed by atoms with Crippen molar-refractivity contribution in [3.8, 4) is 0 Å². The molecule has 2 aliphatic heterocycles. The van der Waals surface area contributed by atoms with Crippen LogP contribution in [0.25, 0.3) is 0 Å². The van der Waals surface area contributed by atoms with E-state index in [-0.39, 0.29) is 0 Å². The van der Waals surface area contributed by atoms with Crippen molar-refractivity contribution in [1.82, 2.24) is 10.7 Å². The highest BCUT2D eigenvalue weighted by Crippen LogP contribution is 2.09. The summed E-state index contributed by atoms with van der Waals surface area (Å²) in [6.07, 6.45) is 2.87. The summed E-state index contributed by atoms with van der Waals surface area (Å²) in [6, 6.07) is 0. The molecule has 0 atom stereocenters. The molecule has 3 nitrogen and oxygen atoms in total. The molecule has 2 heterocycles. The fourth-order valence-electron chi connectivity index (χ4n) is 1.10. The van der Waals surface area contributed by atoms with Gasteiger partial charge in [0.25, 0.3) is 0 Å². The molecule has 2 rings (SSSR count). The van der Waals surface area contributed by atoms with E-state index >= 15 is 0 Å². The van der Waals surface area contributed by atoms with Crippen molar-refractivity contribution >= 4 is 5.71 Å². The molecule has 0 saturated carbocycles. The minimum atomic E-state index is 0.947. The van der Waals surface area contributed by atoms with Crippen LogP contribution >= 0.6 is 0 Å². The fraction of sp³-hybridized carbons (Fsp3) is 0.500. The van der Waals surface area contributed by atoms with Crippen LogP contribution in [0.4, 0.5) is 0 Å². The minimum Gasteiger partial charge on any atom is -0.312 e. The Kier molecular flexibility index (Phi) is 1.02. The average Bonchev–Trinajstić information content (AvgIpc) is 2.33. The third kappa shape index (κ3) is 0.733. The molecule has 0 bridgehead atoms. The third-order valence-corrected chi connectivity index (χ3v) is 1.62. The zero-order valence-corrected chi connectivity index (χ0v) is 5.09. The highest BCUT2D eigenvalue weighted by molar-refractivity contribution is 6.02. The molecule has 9 heavy (non-hydrogen) atoms. The van der Waals surface area contributed by atoms with E-state index in [1.165, 1.54) is 11.3 Å². The van der Waals surface area contributed by atoms with Crippen LogP contribution < -0.4 is 10.7 Å². The van der Waals surface area contributed by atoms with E-state index in [1.807, 2.05) is 6.20 Å². The second kappa shape index (κ2) is 1.84. The molecule has 1 N–H and O–H groups in total. The normalized spacial score (nSPS) is 24.0. The molecule has 0 spiro atoms. The molecule has 0 unspecified atom stereocenters. The standard InChI is InChI=1S/C6H8N3/c1-2-7-3-5-4-8-9-6(1)5/h4,7H,1-3H2. The van der Waals surface area contributed by atoms with Gasteiger partial charge in [-0.25, -0.2) is 0 Å². The lowest BCUT2D eigenvalue weighted by atomic mass is 10.1. The van der Waals surface area contributed by atoms with Crippen LogP contribution in [0.1, 0.15) is 6.42 Å². The molecule has 0 aromatic carbocycles. The maximum atomic E-state index is 3.97. The lowest BCUT2D eigenvalue weighted by Crippen LogP contribution is -2.29. The third-order valence-electron chi connectivity index (χ3n) is 1.62. The van der Waals surface area contributed by atoms with Gasteiger partial charge in [-0.05, 0) is 0 Å². The molecule has 0 amide bonds. The molecule has 1 radical (unpaired) electrons. The molecule has 0 aromatic rings. The van der Waals surface area contributed by atoms with E-state index in [1.54, 1.807) is 0 Å². The van der Waals surface area contributed by atoms with Gasteiger partial charge in [0, 0.05) is 25.1 Å². The first-order valence-corrected chi connectivity index (χ1v) is 3.13.